The Kier molecular flexibility index (Phi) is 5.07. The van der Waals surface area contributed by atoms with E-state index in [1.165, 1.54) is 12.1 Å². The molecule has 1 aromatic heterocycles. The Labute approximate surface area is 145 Å². The highest BCUT2D eigenvalue weighted by Gasteiger charge is 2.41. The molecule has 2 heterocycles. The molecule has 130 valence electrons. The minimum absolute atomic E-state index is 0.200. The number of carbonyl (C=O) groups is 1. The average molecular weight is 341 g/mol. The van der Waals surface area contributed by atoms with Crippen LogP contribution in [0, 0.1) is 5.82 Å². The van der Waals surface area contributed by atoms with Crippen molar-refractivity contribution < 1.29 is 14.0 Å². The molecule has 0 bridgehead atoms. The average Bonchev–Trinajstić information content (AvgIpc) is 3.04. The number of aryl methyl sites for hydroxylation is 1. The Morgan fingerprint density at radius 3 is 2.80 bits per heavy atom. The van der Waals surface area contributed by atoms with Gasteiger partial charge < -0.3 is 10.2 Å². The molecule has 1 unspecified atom stereocenters. The topological polar surface area (TPSA) is 63.6 Å². The van der Waals surface area contributed by atoms with Gasteiger partial charge in [0.1, 0.15) is 5.82 Å². The van der Waals surface area contributed by atoms with Crippen LogP contribution >= 0.6 is 0 Å². The van der Waals surface area contributed by atoms with Crippen LogP contribution < -0.4 is 5.32 Å². The number of oxime groups is 1. The third kappa shape index (κ3) is 4.21. The third-order valence-electron chi connectivity index (χ3n) is 4.14. The lowest BCUT2D eigenvalue weighted by Crippen LogP contribution is -2.45. The fourth-order valence-electron chi connectivity index (χ4n) is 2.66. The van der Waals surface area contributed by atoms with Crippen molar-refractivity contribution in [3.8, 4) is 0 Å². The predicted octanol–water partition coefficient (Wildman–Crippen LogP) is 2.85. The van der Waals surface area contributed by atoms with Gasteiger partial charge >= 0.3 is 0 Å². The number of halogens is 1. The van der Waals surface area contributed by atoms with Gasteiger partial charge in [-0.3, -0.25) is 9.78 Å². The summed E-state index contributed by atoms with van der Waals surface area (Å²) < 4.78 is 13.0. The van der Waals surface area contributed by atoms with Gasteiger partial charge in [0.05, 0.1) is 5.71 Å². The van der Waals surface area contributed by atoms with E-state index in [-0.39, 0.29) is 11.7 Å². The van der Waals surface area contributed by atoms with E-state index >= 15 is 0 Å². The van der Waals surface area contributed by atoms with Gasteiger partial charge in [-0.05, 0) is 49.6 Å². The first-order valence-electron chi connectivity index (χ1n) is 8.26. The van der Waals surface area contributed by atoms with Crippen LogP contribution in [0.25, 0.3) is 0 Å². The molecule has 1 aromatic carbocycles. The number of pyridine rings is 1. The number of hydrogen-bond acceptors (Lipinski definition) is 4. The highest BCUT2D eigenvalue weighted by Crippen LogP contribution is 2.26. The molecule has 1 aliphatic heterocycles. The molecule has 0 spiro atoms. The molecule has 0 aliphatic carbocycles. The van der Waals surface area contributed by atoms with Crippen LogP contribution in [0.15, 0.2) is 53.8 Å². The zero-order valence-electron chi connectivity index (χ0n) is 14.0. The van der Waals surface area contributed by atoms with Gasteiger partial charge in [-0.1, -0.05) is 23.4 Å². The molecular weight excluding hydrogens is 321 g/mol. The summed E-state index contributed by atoms with van der Waals surface area (Å²) in [6.45, 7) is 2.25. The molecule has 1 atom stereocenters. The van der Waals surface area contributed by atoms with E-state index < -0.39 is 5.60 Å². The van der Waals surface area contributed by atoms with E-state index in [0.717, 1.165) is 24.1 Å². The van der Waals surface area contributed by atoms with Gasteiger partial charge in [0.2, 0.25) is 5.60 Å². The van der Waals surface area contributed by atoms with Crippen LogP contribution in [0.3, 0.4) is 0 Å². The SMILES string of the molecule is CC1(C(=O)NCCCc2ccccn2)CC(c2ccc(F)cc2)=NO1. The monoisotopic (exact) mass is 341 g/mol. The van der Waals surface area contributed by atoms with Crippen LogP contribution in [-0.4, -0.2) is 28.7 Å². The molecule has 5 nitrogen and oxygen atoms in total. The van der Waals surface area contributed by atoms with E-state index in [1.807, 2.05) is 18.2 Å². The van der Waals surface area contributed by atoms with Gasteiger partial charge in [-0.25, -0.2) is 4.39 Å². The first-order chi connectivity index (χ1) is 12.1. The van der Waals surface area contributed by atoms with E-state index in [2.05, 4.69) is 15.5 Å². The zero-order chi connectivity index (χ0) is 17.7. The maximum atomic E-state index is 13.0. The first kappa shape index (κ1) is 17.1. The summed E-state index contributed by atoms with van der Waals surface area (Å²) in [4.78, 5) is 22.1. The number of rotatable bonds is 6. The van der Waals surface area contributed by atoms with Crippen molar-refractivity contribution in [2.24, 2.45) is 5.16 Å². The molecule has 25 heavy (non-hydrogen) atoms. The Morgan fingerprint density at radius 2 is 2.08 bits per heavy atom. The summed E-state index contributed by atoms with van der Waals surface area (Å²) in [6.07, 6.45) is 3.71. The molecule has 1 aliphatic rings. The van der Waals surface area contributed by atoms with Gasteiger partial charge in [-0.2, -0.15) is 0 Å². The van der Waals surface area contributed by atoms with Gasteiger partial charge in [-0.15, -0.1) is 0 Å². The molecule has 6 heteroatoms. The molecular formula is C19H20FN3O2. The largest absolute Gasteiger partial charge is 0.379 e. The lowest BCUT2D eigenvalue weighted by molar-refractivity contribution is -0.141. The normalized spacial score (nSPS) is 19.2. The van der Waals surface area contributed by atoms with Gasteiger partial charge in [0, 0.05) is 24.9 Å². The van der Waals surface area contributed by atoms with E-state index in [4.69, 9.17) is 4.84 Å². The van der Waals surface area contributed by atoms with Crippen LogP contribution in [0.4, 0.5) is 4.39 Å². The molecule has 0 radical (unpaired) electrons. The van der Waals surface area contributed by atoms with Crippen molar-refractivity contribution in [1.29, 1.82) is 0 Å². The quantitative estimate of drug-likeness (QED) is 0.822. The first-order valence-corrected chi connectivity index (χ1v) is 8.26. The van der Waals surface area contributed by atoms with Gasteiger partial charge in [0.15, 0.2) is 0 Å². The molecule has 0 saturated carbocycles. The number of benzene rings is 1. The highest BCUT2D eigenvalue weighted by molar-refractivity contribution is 6.05. The smallest absolute Gasteiger partial charge is 0.267 e. The third-order valence-corrected chi connectivity index (χ3v) is 4.14. The fourth-order valence-corrected chi connectivity index (χ4v) is 2.66. The molecule has 2 aromatic rings. The number of amides is 1. The summed E-state index contributed by atoms with van der Waals surface area (Å²) in [7, 11) is 0. The van der Waals surface area contributed by atoms with Crippen molar-refractivity contribution in [3.05, 3.63) is 65.7 Å². The maximum Gasteiger partial charge on any atom is 0.267 e. The Morgan fingerprint density at radius 1 is 1.28 bits per heavy atom. The van der Waals surface area contributed by atoms with Crippen molar-refractivity contribution in [2.75, 3.05) is 6.54 Å². The van der Waals surface area contributed by atoms with Crippen molar-refractivity contribution in [3.63, 3.8) is 0 Å². The minimum atomic E-state index is -1.03. The summed E-state index contributed by atoms with van der Waals surface area (Å²) in [5.41, 5.74) is 1.37. The lowest BCUT2D eigenvalue weighted by Gasteiger charge is -2.20. The number of aromatic nitrogens is 1. The van der Waals surface area contributed by atoms with Crippen molar-refractivity contribution >= 4 is 11.6 Å². The number of nitrogens with zero attached hydrogens (tertiary/aromatic N) is 2. The second kappa shape index (κ2) is 7.42. The van der Waals surface area contributed by atoms with Gasteiger partial charge in [0.25, 0.3) is 5.91 Å². The molecule has 1 N–H and O–H groups in total. The maximum absolute atomic E-state index is 13.0. The van der Waals surface area contributed by atoms with Crippen LogP contribution in [0.2, 0.25) is 0 Å². The molecule has 3 rings (SSSR count). The van der Waals surface area contributed by atoms with E-state index in [1.54, 1.807) is 25.3 Å². The van der Waals surface area contributed by atoms with Crippen molar-refractivity contribution in [1.82, 2.24) is 10.3 Å². The Balaban J connectivity index is 1.48. The zero-order valence-corrected chi connectivity index (χ0v) is 14.0. The summed E-state index contributed by atoms with van der Waals surface area (Å²) in [6, 6.07) is 11.8. The van der Waals surface area contributed by atoms with E-state index in [0.29, 0.717) is 18.7 Å². The van der Waals surface area contributed by atoms with Crippen LogP contribution in [0.1, 0.15) is 31.0 Å². The highest BCUT2D eigenvalue weighted by atomic mass is 19.1. The number of nitrogens with one attached hydrogen (secondary N) is 1. The lowest BCUT2D eigenvalue weighted by atomic mass is 9.95. The van der Waals surface area contributed by atoms with Crippen LogP contribution in [-0.2, 0) is 16.1 Å². The minimum Gasteiger partial charge on any atom is -0.379 e. The number of hydrogen-bond donors (Lipinski definition) is 1. The van der Waals surface area contributed by atoms with Crippen LogP contribution in [0.5, 0.6) is 0 Å². The molecule has 1 amide bonds. The van der Waals surface area contributed by atoms with E-state index in [9.17, 15) is 9.18 Å². The second-order valence-electron chi connectivity index (χ2n) is 6.22. The summed E-state index contributed by atoms with van der Waals surface area (Å²) in [5, 5.41) is 6.90. The van der Waals surface area contributed by atoms with Crippen molar-refractivity contribution in [2.45, 2.75) is 31.8 Å². The fraction of sp³-hybridized carbons (Fsp3) is 0.316. The number of carbonyl (C=O) groups excluding carboxylic acids is 1. The second-order valence-corrected chi connectivity index (χ2v) is 6.22. The molecule has 0 fully saturated rings. The standard InChI is InChI=1S/C19H20FN3O2/c1-19(13-17(23-25-19)14-7-9-15(20)10-8-14)18(24)22-12-4-6-16-5-2-3-11-21-16/h2-3,5,7-11H,4,6,12-13H2,1H3,(H,22,24). The predicted molar refractivity (Wildman–Crippen MR) is 92.6 cm³/mol. The summed E-state index contributed by atoms with van der Waals surface area (Å²) in [5.74, 6) is -0.508. The molecule has 0 saturated heterocycles. The Hall–Kier alpha value is -2.76. The Bertz CT molecular complexity index is 762. The summed E-state index contributed by atoms with van der Waals surface area (Å²) >= 11 is 0.